The largest absolute Gasteiger partial charge is 0.464 e. The van der Waals surface area contributed by atoms with Gasteiger partial charge in [-0.25, -0.2) is 4.79 Å². The van der Waals surface area contributed by atoms with Crippen LogP contribution in [0.4, 0.5) is 0 Å². The summed E-state index contributed by atoms with van der Waals surface area (Å²) < 4.78 is 17.4. The van der Waals surface area contributed by atoms with E-state index in [-0.39, 0.29) is 30.1 Å². The van der Waals surface area contributed by atoms with Crippen LogP contribution in [0.5, 0.6) is 0 Å². The number of ketones is 1. The van der Waals surface area contributed by atoms with E-state index in [1.165, 1.54) is 18.3 Å². The second kappa shape index (κ2) is 8.65. The molecule has 0 unspecified atom stereocenters. The van der Waals surface area contributed by atoms with Crippen molar-refractivity contribution < 1.29 is 28.3 Å². The molecule has 3 rings (SSSR count). The van der Waals surface area contributed by atoms with Gasteiger partial charge in [0.2, 0.25) is 0 Å². The Morgan fingerprint density at radius 3 is 2.66 bits per heavy atom. The summed E-state index contributed by atoms with van der Waals surface area (Å²) in [4.78, 5) is 39.7. The molecule has 0 spiro atoms. The van der Waals surface area contributed by atoms with E-state index >= 15 is 0 Å². The molecule has 8 nitrogen and oxygen atoms in total. The smallest absolute Gasteiger partial charge is 0.354 e. The molecule has 1 aliphatic rings. The summed E-state index contributed by atoms with van der Waals surface area (Å²) in [6.45, 7) is 4.31. The van der Waals surface area contributed by atoms with Crippen LogP contribution in [0.1, 0.15) is 55.5 Å². The quantitative estimate of drug-likeness (QED) is 0.522. The number of aromatic nitrogens is 1. The molecular formula is C21H26N2O6. The van der Waals surface area contributed by atoms with Crippen LogP contribution >= 0.6 is 0 Å². The van der Waals surface area contributed by atoms with Gasteiger partial charge in [0.05, 0.1) is 26.0 Å². The normalized spacial score (nSPS) is 16.1. The van der Waals surface area contributed by atoms with Crippen molar-refractivity contribution in [3.8, 4) is 0 Å². The Bertz CT molecular complexity index is 906. The van der Waals surface area contributed by atoms with E-state index in [1.807, 2.05) is 0 Å². The Hall–Kier alpha value is -2.87. The average Bonchev–Trinajstić information content (AvgIpc) is 3.43. The zero-order valence-corrected chi connectivity index (χ0v) is 17.2. The number of hydrogen-bond donors (Lipinski definition) is 0. The molecule has 3 heterocycles. The number of ether oxygens (including phenoxy) is 2. The lowest BCUT2D eigenvalue weighted by Crippen LogP contribution is -2.40. The molecule has 0 aliphatic carbocycles. The van der Waals surface area contributed by atoms with Gasteiger partial charge in [0.15, 0.2) is 11.5 Å². The maximum absolute atomic E-state index is 13.2. The third kappa shape index (κ3) is 4.12. The van der Waals surface area contributed by atoms with E-state index in [9.17, 15) is 14.4 Å². The van der Waals surface area contributed by atoms with Crippen LogP contribution in [0.25, 0.3) is 0 Å². The van der Waals surface area contributed by atoms with Crippen molar-refractivity contribution in [1.29, 1.82) is 0 Å². The van der Waals surface area contributed by atoms with Crippen molar-refractivity contribution in [3.05, 3.63) is 46.7 Å². The summed E-state index contributed by atoms with van der Waals surface area (Å²) in [6.07, 6.45) is 3.09. The van der Waals surface area contributed by atoms with Gasteiger partial charge in [-0.1, -0.05) is 0 Å². The number of rotatable bonds is 7. The first-order chi connectivity index (χ1) is 13.8. The maximum atomic E-state index is 13.2. The van der Waals surface area contributed by atoms with Crippen molar-refractivity contribution in [2.45, 2.75) is 32.8 Å². The molecule has 1 fully saturated rings. The number of esters is 1. The fourth-order valence-electron chi connectivity index (χ4n) is 3.84. The van der Waals surface area contributed by atoms with Crippen LogP contribution in [-0.4, -0.2) is 60.0 Å². The third-order valence-corrected chi connectivity index (χ3v) is 5.39. The molecule has 1 aliphatic heterocycles. The lowest BCUT2D eigenvalue weighted by Gasteiger charge is -2.24. The number of nitrogens with zero attached hydrogens (tertiary/aromatic N) is 2. The number of Topliss-reactive ketones (excluding diaryl/α,β-unsaturated/α-hetero) is 1. The van der Waals surface area contributed by atoms with E-state index in [1.54, 1.807) is 37.6 Å². The summed E-state index contributed by atoms with van der Waals surface area (Å²) in [6, 6.07) is 3.21. The predicted octanol–water partition coefficient (Wildman–Crippen LogP) is 2.53. The van der Waals surface area contributed by atoms with Gasteiger partial charge in [0, 0.05) is 31.5 Å². The molecule has 1 saturated heterocycles. The molecule has 0 N–H and O–H groups in total. The van der Waals surface area contributed by atoms with Crippen molar-refractivity contribution in [2.24, 2.45) is 7.05 Å². The second-order valence-electron chi connectivity index (χ2n) is 7.21. The molecule has 0 saturated carbocycles. The summed E-state index contributed by atoms with van der Waals surface area (Å²) in [5.74, 6) is -0.940. The van der Waals surface area contributed by atoms with Crippen LogP contribution in [0, 0.1) is 13.8 Å². The highest BCUT2D eigenvalue weighted by molar-refractivity contribution is 6.05. The van der Waals surface area contributed by atoms with Crippen LogP contribution < -0.4 is 0 Å². The SMILES string of the molecule is COC(=O)c1c(C)c(C(=O)CN(C[C@H]2CCCO2)C(=O)c2ccco2)c(C)n1C. The molecule has 1 atom stereocenters. The lowest BCUT2D eigenvalue weighted by molar-refractivity contribution is 0.0485. The van der Waals surface area contributed by atoms with Gasteiger partial charge in [-0.15, -0.1) is 0 Å². The van der Waals surface area contributed by atoms with E-state index in [0.29, 0.717) is 35.7 Å². The zero-order chi connectivity index (χ0) is 21.1. The zero-order valence-electron chi connectivity index (χ0n) is 17.2. The van der Waals surface area contributed by atoms with Gasteiger partial charge in [0.25, 0.3) is 5.91 Å². The molecule has 2 aromatic rings. The first kappa shape index (κ1) is 20.9. The first-order valence-corrected chi connectivity index (χ1v) is 9.56. The van der Waals surface area contributed by atoms with Gasteiger partial charge in [-0.3, -0.25) is 9.59 Å². The minimum absolute atomic E-state index is 0.106. The Labute approximate surface area is 169 Å². The van der Waals surface area contributed by atoms with E-state index in [0.717, 1.165) is 12.8 Å². The number of methoxy groups -OCH3 is 1. The summed E-state index contributed by atoms with van der Waals surface area (Å²) in [7, 11) is 3.01. The lowest BCUT2D eigenvalue weighted by atomic mass is 10.0. The molecule has 0 radical (unpaired) electrons. The Balaban J connectivity index is 1.88. The standard InChI is InChI=1S/C21H26N2O6/c1-13-18(14(2)22(3)19(13)21(26)27-4)16(24)12-23(11-15-7-5-9-28-15)20(25)17-8-6-10-29-17/h6,8,10,15H,5,7,9,11-12H2,1-4H3/t15-/m1/s1. The monoisotopic (exact) mass is 402 g/mol. The highest BCUT2D eigenvalue weighted by Crippen LogP contribution is 2.23. The minimum Gasteiger partial charge on any atom is -0.464 e. The van der Waals surface area contributed by atoms with Gasteiger partial charge >= 0.3 is 5.97 Å². The van der Waals surface area contributed by atoms with Crippen LogP contribution in [0.3, 0.4) is 0 Å². The average molecular weight is 402 g/mol. The van der Waals surface area contributed by atoms with Crippen molar-refractivity contribution in [2.75, 3.05) is 26.8 Å². The van der Waals surface area contributed by atoms with Gasteiger partial charge in [-0.2, -0.15) is 0 Å². The van der Waals surface area contributed by atoms with Crippen LogP contribution in [0.15, 0.2) is 22.8 Å². The molecular weight excluding hydrogens is 376 g/mol. The number of carbonyl (C=O) groups excluding carboxylic acids is 3. The van der Waals surface area contributed by atoms with Gasteiger partial charge in [-0.05, 0) is 44.4 Å². The van der Waals surface area contributed by atoms with Gasteiger partial charge < -0.3 is 23.4 Å². The molecule has 0 aromatic carbocycles. The molecule has 29 heavy (non-hydrogen) atoms. The molecule has 1 amide bonds. The second-order valence-corrected chi connectivity index (χ2v) is 7.21. The van der Waals surface area contributed by atoms with Crippen molar-refractivity contribution in [3.63, 3.8) is 0 Å². The maximum Gasteiger partial charge on any atom is 0.354 e. The number of carbonyl (C=O) groups is 3. The Morgan fingerprint density at radius 1 is 1.31 bits per heavy atom. The molecule has 2 aromatic heterocycles. The Kier molecular flexibility index (Phi) is 6.22. The van der Waals surface area contributed by atoms with Crippen molar-refractivity contribution >= 4 is 17.7 Å². The summed E-state index contributed by atoms with van der Waals surface area (Å²) in [5.41, 5.74) is 1.95. The number of amides is 1. The fraction of sp³-hybridized carbons (Fsp3) is 0.476. The topological polar surface area (TPSA) is 91.0 Å². The van der Waals surface area contributed by atoms with Crippen molar-refractivity contribution in [1.82, 2.24) is 9.47 Å². The third-order valence-electron chi connectivity index (χ3n) is 5.39. The molecule has 8 heteroatoms. The highest BCUT2D eigenvalue weighted by atomic mass is 16.5. The van der Waals surface area contributed by atoms with E-state index < -0.39 is 5.97 Å². The molecule has 156 valence electrons. The Morgan fingerprint density at radius 2 is 2.07 bits per heavy atom. The summed E-state index contributed by atoms with van der Waals surface area (Å²) in [5, 5.41) is 0. The van der Waals surface area contributed by atoms with E-state index in [2.05, 4.69) is 0 Å². The predicted molar refractivity (Wildman–Crippen MR) is 104 cm³/mol. The van der Waals surface area contributed by atoms with Crippen LogP contribution in [0.2, 0.25) is 0 Å². The van der Waals surface area contributed by atoms with Gasteiger partial charge in [0.1, 0.15) is 5.69 Å². The summed E-state index contributed by atoms with van der Waals surface area (Å²) >= 11 is 0. The minimum atomic E-state index is -0.505. The highest BCUT2D eigenvalue weighted by Gasteiger charge is 2.30. The molecule has 0 bridgehead atoms. The first-order valence-electron chi connectivity index (χ1n) is 9.56. The van der Waals surface area contributed by atoms with Crippen LogP contribution in [-0.2, 0) is 16.5 Å². The number of hydrogen-bond acceptors (Lipinski definition) is 6. The fourth-order valence-corrected chi connectivity index (χ4v) is 3.84. The number of furan rings is 1. The van der Waals surface area contributed by atoms with E-state index in [4.69, 9.17) is 13.9 Å².